The Hall–Kier alpha value is 0.134. The summed E-state index contributed by atoms with van der Waals surface area (Å²) in [6.45, 7) is 21.1. The highest BCUT2D eigenvalue weighted by Crippen LogP contribution is 2.16. The minimum absolute atomic E-state index is 1.11. The van der Waals surface area contributed by atoms with E-state index < -0.39 is 16.3 Å². The lowest BCUT2D eigenvalue weighted by molar-refractivity contribution is 0.430. The summed E-state index contributed by atoms with van der Waals surface area (Å²) in [4.78, 5) is 0. The van der Waals surface area contributed by atoms with Crippen LogP contribution < -0.4 is 0 Å². The Morgan fingerprint density at radius 3 is 2.00 bits per heavy atom. The summed E-state index contributed by atoms with van der Waals surface area (Å²) in [6.07, 6.45) is 2.66. The molecule has 0 bridgehead atoms. The molecule has 0 unspecified atom stereocenters. The first-order chi connectivity index (χ1) is 7.23. The molecule has 0 amide bonds. The predicted molar refractivity (Wildman–Crippen MR) is 82.3 cm³/mol. The molecule has 0 atom stereocenters. The summed E-state index contributed by atoms with van der Waals surface area (Å²) in [5, 5.41) is 0. The third-order valence-corrected chi connectivity index (χ3v) is 8.27. The van der Waals surface area contributed by atoms with Gasteiger partial charge >= 0.3 is 0 Å². The maximum absolute atomic E-state index is 3.99. The van der Waals surface area contributed by atoms with Crippen LogP contribution in [0.1, 0.15) is 19.8 Å². The van der Waals surface area contributed by atoms with Crippen LogP contribution in [0.15, 0.2) is 12.3 Å². The van der Waals surface area contributed by atoms with Gasteiger partial charge in [0.05, 0.1) is 8.07 Å². The minimum Gasteiger partial charge on any atom is -0.324 e. The number of hydrogen-bond donors (Lipinski definition) is 0. The maximum Gasteiger partial charge on any atom is 0.119 e. The minimum atomic E-state index is -1.12. The average Bonchev–Trinajstić information content (AvgIpc) is 2.16. The van der Waals surface area contributed by atoms with Gasteiger partial charge in [-0.2, -0.15) is 0 Å². The van der Waals surface area contributed by atoms with Gasteiger partial charge in [0.2, 0.25) is 0 Å². The molecule has 0 rings (SSSR count). The van der Waals surface area contributed by atoms with Crippen molar-refractivity contribution in [1.29, 1.82) is 0 Å². The summed E-state index contributed by atoms with van der Waals surface area (Å²) >= 11 is 0. The van der Waals surface area contributed by atoms with Crippen LogP contribution in [0.25, 0.3) is 0 Å². The van der Waals surface area contributed by atoms with E-state index in [0.717, 1.165) is 0 Å². The summed E-state index contributed by atoms with van der Waals surface area (Å²) in [5.41, 5.74) is 2.23. The van der Waals surface area contributed by atoms with Crippen LogP contribution in [0.2, 0.25) is 38.8 Å². The SMILES string of the molecule is C=C[Si](C)(C)CCN(CCCC)[Si](C)(C)C. The maximum atomic E-state index is 3.99. The van der Waals surface area contributed by atoms with Crippen LogP contribution in [0, 0.1) is 0 Å². The van der Waals surface area contributed by atoms with Crippen molar-refractivity contribution >= 4 is 16.3 Å². The zero-order chi connectivity index (χ0) is 12.8. The van der Waals surface area contributed by atoms with Gasteiger partial charge in [-0.3, -0.25) is 0 Å². The molecule has 16 heavy (non-hydrogen) atoms. The van der Waals surface area contributed by atoms with Crippen LogP contribution in [-0.2, 0) is 0 Å². The first-order valence-corrected chi connectivity index (χ1v) is 13.3. The number of hydrogen-bond acceptors (Lipinski definition) is 1. The monoisotopic (exact) mass is 257 g/mol. The average molecular weight is 258 g/mol. The Bertz CT molecular complexity index is 206. The summed E-state index contributed by atoms with van der Waals surface area (Å²) in [7, 11) is -2.23. The van der Waals surface area contributed by atoms with E-state index in [1.54, 1.807) is 0 Å². The van der Waals surface area contributed by atoms with Gasteiger partial charge in [0, 0.05) is 0 Å². The Morgan fingerprint density at radius 1 is 1.06 bits per heavy atom. The molecule has 0 aliphatic heterocycles. The first-order valence-electron chi connectivity index (χ1n) is 6.61. The molecule has 0 fully saturated rings. The molecule has 0 aromatic carbocycles. The molecule has 0 aliphatic rings. The van der Waals surface area contributed by atoms with E-state index in [2.05, 4.69) is 56.5 Å². The fourth-order valence-corrected chi connectivity index (χ4v) is 4.54. The smallest absolute Gasteiger partial charge is 0.119 e. The van der Waals surface area contributed by atoms with Crippen LogP contribution in [0.5, 0.6) is 0 Å². The molecule has 0 aliphatic carbocycles. The van der Waals surface area contributed by atoms with Crippen molar-refractivity contribution in [1.82, 2.24) is 4.57 Å². The molecule has 0 saturated heterocycles. The van der Waals surface area contributed by atoms with Gasteiger partial charge in [0.25, 0.3) is 0 Å². The molecular formula is C13H31NSi2. The molecular weight excluding hydrogens is 226 g/mol. The second-order valence-corrected chi connectivity index (χ2v) is 16.3. The van der Waals surface area contributed by atoms with Crippen molar-refractivity contribution in [3.8, 4) is 0 Å². The third-order valence-electron chi connectivity index (χ3n) is 3.31. The zero-order valence-corrected chi connectivity index (χ0v) is 14.3. The normalized spacial score (nSPS) is 13.2. The number of unbranched alkanes of at least 4 members (excludes halogenated alkanes) is 1. The zero-order valence-electron chi connectivity index (χ0n) is 12.3. The second kappa shape index (κ2) is 6.77. The largest absolute Gasteiger partial charge is 0.324 e. The van der Waals surface area contributed by atoms with Crippen molar-refractivity contribution in [2.45, 2.75) is 58.5 Å². The van der Waals surface area contributed by atoms with E-state index in [0.29, 0.717) is 0 Å². The van der Waals surface area contributed by atoms with E-state index in [9.17, 15) is 0 Å². The molecule has 96 valence electrons. The first kappa shape index (κ1) is 16.1. The topological polar surface area (TPSA) is 3.24 Å². The highest BCUT2D eigenvalue weighted by atomic mass is 28.3. The quantitative estimate of drug-likeness (QED) is 0.584. The fraction of sp³-hybridized carbons (Fsp3) is 0.846. The van der Waals surface area contributed by atoms with Gasteiger partial charge in [0.1, 0.15) is 8.24 Å². The van der Waals surface area contributed by atoms with E-state index >= 15 is 0 Å². The molecule has 1 nitrogen and oxygen atoms in total. The number of rotatable bonds is 8. The van der Waals surface area contributed by atoms with Gasteiger partial charge < -0.3 is 4.57 Å². The van der Waals surface area contributed by atoms with Crippen LogP contribution in [0.4, 0.5) is 0 Å². The van der Waals surface area contributed by atoms with Crippen molar-refractivity contribution in [3.05, 3.63) is 12.3 Å². The van der Waals surface area contributed by atoms with E-state index in [4.69, 9.17) is 0 Å². The Morgan fingerprint density at radius 2 is 1.62 bits per heavy atom. The third kappa shape index (κ3) is 6.66. The molecule has 0 spiro atoms. The van der Waals surface area contributed by atoms with Crippen molar-refractivity contribution < 1.29 is 0 Å². The number of nitrogens with zero attached hydrogens (tertiary/aromatic N) is 1. The second-order valence-electron chi connectivity index (χ2n) is 6.45. The van der Waals surface area contributed by atoms with Gasteiger partial charge in [-0.1, -0.05) is 46.1 Å². The molecule has 0 aromatic heterocycles. The standard InChI is InChI=1S/C13H31NSi2/c1-8-10-11-14(15(3,4)5)12-13-16(6,7)9-2/h9H,2,8,10-13H2,1,3-7H3. The van der Waals surface area contributed by atoms with Gasteiger partial charge in [-0.25, -0.2) is 0 Å². The lowest BCUT2D eigenvalue weighted by Crippen LogP contribution is -2.48. The van der Waals surface area contributed by atoms with E-state index in [1.807, 2.05) is 0 Å². The van der Waals surface area contributed by atoms with Gasteiger partial charge in [0.15, 0.2) is 0 Å². The Labute approximate surface area is 105 Å². The molecule has 0 radical (unpaired) electrons. The lowest BCUT2D eigenvalue weighted by Gasteiger charge is -2.35. The van der Waals surface area contributed by atoms with E-state index in [-0.39, 0.29) is 0 Å². The van der Waals surface area contributed by atoms with Gasteiger partial charge in [-0.15, -0.1) is 12.3 Å². The highest BCUT2D eigenvalue weighted by Gasteiger charge is 2.25. The summed E-state index contributed by atoms with van der Waals surface area (Å²) in [5.74, 6) is 0. The molecule has 3 heteroatoms. The van der Waals surface area contributed by atoms with Crippen LogP contribution in [-0.4, -0.2) is 34.0 Å². The summed E-state index contributed by atoms with van der Waals surface area (Å²) in [6, 6.07) is 1.37. The molecule has 0 heterocycles. The molecule has 0 saturated carbocycles. The fourth-order valence-electron chi connectivity index (χ4n) is 1.66. The van der Waals surface area contributed by atoms with E-state index in [1.165, 1.54) is 32.0 Å². The van der Waals surface area contributed by atoms with Crippen molar-refractivity contribution in [2.24, 2.45) is 0 Å². The van der Waals surface area contributed by atoms with Crippen molar-refractivity contribution in [2.75, 3.05) is 13.1 Å². The lowest BCUT2D eigenvalue weighted by atomic mass is 10.3. The summed E-state index contributed by atoms with van der Waals surface area (Å²) < 4.78 is 2.77. The molecule has 0 N–H and O–H groups in total. The van der Waals surface area contributed by atoms with Crippen LogP contribution in [0.3, 0.4) is 0 Å². The van der Waals surface area contributed by atoms with Crippen molar-refractivity contribution in [3.63, 3.8) is 0 Å². The Balaban J connectivity index is 4.27. The predicted octanol–water partition coefficient (Wildman–Crippen LogP) is 4.36. The Kier molecular flexibility index (Phi) is 6.83. The highest BCUT2D eigenvalue weighted by molar-refractivity contribution is 6.82. The molecule has 0 aromatic rings. The van der Waals surface area contributed by atoms with Gasteiger partial charge in [-0.05, 0) is 25.6 Å². The van der Waals surface area contributed by atoms with Crippen LogP contribution >= 0.6 is 0 Å².